The van der Waals surface area contributed by atoms with Gasteiger partial charge in [0.05, 0.1) is 0 Å². The Hall–Kier alpha value is -1.43. The molecule has 0 saturated heterocycles. The Balaban J connectivity index is 4.24. The van der Waals surface area contributed by atoms with Crippen LogP contribution in [0.5, 0.6) is 0 Å². The summed E-state index contributed by atoms with van der Waals surface area (Å²) < 4.78 is 0. The van der Waals surface area contributed by atoms with Crippen LogP contribution in [0.4, 0.5) is 0 Å². The highest BCUT2D eigenvalue weighted by Gasteiger charge is 2.18. The highest BCUT2D eigenvalue weighted by molar-refractivity contribution is 5.92. The van der Waals surface area contributed by atoms with Crippen LogP contribution in [0.2, 0.25) is 0 Å². The first kappa shape index (κ1) is 10.6. The van der Waals surface area contributed by atoms with E-state index in [1.807, 2.05) is 0 Å². The summed E-state index contributed by atoms with van der Waals surface area (Å²) in [6.07, 6.45) is 0. The molecule has 1 N–H and O–H groups in total. The first-order chi connectivity index (χ1) is 5.49. The third-order valence-electron chi connectivity index (χ3n) is 0.894. The molecule has 0 spiro atoms. The summed E-state index contributed by atoms with van der Waals surface area (Å²) in [6, 6.07) is 0. The lowest BCUT2D eigenvalue weighted by atomic mass is 10.6. The number of rotatable bonds is 1. The van der Waals surface area contributed by atoms with E-state index in [0.717, 1.165) is 13.8 Å². The lowest BCUT2D eigenvalue weighted by Gasteiger charge is -2.14. The Morgan fingerprint density at radius 3 is 1.92 bits per heavy atom. The molecule has 0 atom stereocenters. The molecule has 6 heteroatoms. The van der Waals surface area contributed by atoms with Gasteiger partial charge in [0.15, 0.2) is 0 Å². The van der Waals surface area contributed by atoms with Crippen LogP contribution >= 0.6 is 0 Å². The zero-order valence-electron chi connectivity index (χ0n) is 6.73. The molecule has 12 heavy (non-hydrogen) atoms. The van der Waals surface area contributed by atoms with Gasteiger partial charge >= 0.3 is 5.97 Å². The minimum atomic E-state index is -1.06. The number of hydroxylamine groups is 2. The van der Waals surface area contributed by atoms with Crippen molar-refractivity contribution in [3.05, 3.63) is 0 Å². The molecule has 0 saturated carbocycles. The second kappa shape index (κ2) is 4.45. The zero-order chi connectivity index (χ0) is 9.72. The van der Waals surface area contributed by atoms with Gasteiger partial charge in [0.25, 0.3) is 11.8 Å². The van der Waals surface area contributed by atoms with Gasteiger partial charge in [0.1, 0.15) is 6.61 Å². The van der Waals surface area contributed by atoms with Crippen molar-refractivity contribution < 1.29 is 24.3 Å². The molecule has 0 aromatic carbocycles. The van der Waals surface area contributed by atoms with E-state index in [-0.39, 0.29) is 5.06 Å². The molecule has 0 rings (SSSR count). The highest BCUT2D eigenvalue weighted by Crippen LogP contribution is 1.92. The van der Waals surface area contributed by atoms with Crippen molar-refractivity contribution in [2.45, 2.75) is 13.8 Å². The number of aliphatic hydroxyl groups excluding tert-OH is 1. The van der Waals surface area contributed by atoms with Gasteiger partial charge in [0, 0.05) is 13.8 Å². The fraction of sp³-hybridized carbons (Fsp3) is 0.500. The number of aliphatic hydroxyl groups is 1. The molecule has 0 aliphatic heterocycles. The van der Waals surface area contributed by atoms with Crippen LogP contribution in [0, 0.1) is 0 Å². The molecular formula is C6H9NO5. The lowest BCUT2D eigenvalue weighted by Crippen LogP contribution is -2.36. The van der Waals surface area contributed by atoms with Crippen LogP contribution in [0.15, 0.2) is 0 Å². The van der Waals surface area contributed by atoms with E-state index in [4.69, 9.17) is 5.11 Å². The van der Waals surface area contributed by atoms with Crippen molar-refractivity contribution >= 4 is 17.8 Å². The third kappa shape index (κ3) is 3.11. The molecule has 0 aromatic rings. The predicted octanol–water partition coefficient (Wildman–Crippen LogP) is -1.17. The van der Waals surface area contributed by atoms with Gasteiger partial charge in [-0.2, -0.15) is 0 Å². The smallest absolute Gasteiger partial charge is 0.358 e. The lowest BCUT2D eigenvalue weighted by molar-refractivity contribution is -0.202. The number of hydrogen-bond donors (Lipinski definition) is 1. The number of nitrogens with zero attached hydrogens (tertiary/aromatic N) is 1. The third-order valence-corrected chi connectivity index (χ3v) is 0.894. The van der Waals surface area contributed by atoms with E-state index in [2.05, 4.69) is 4.84 Å². The van der Waals surface area contributed by atoms with Crippen LogP contribution in [-0.2, 0) is 19.2 Å². The maximum absolute atomic E-state index is 10.6. The molecule has 2 amide bonds. The molecule has 6 nitrogen and oxygen atoms in total. The topological polar surface area (TPSA) is 83.9 Å². The minimum absolute atomic E-state index is 0.276. The Morgan fingerprint density at radius 1 is 1.25 bits per heavy atom. The number of amides is 2. The van der Waals surface area contributed by atoms with Crippen molar-refractivity contribution in [2.75, 3.05) is 6.61 Å². The molecular weight excluding hydrogens is 166 g/mol. The zero-order valence-corrected chi connectivity index (χ0v) is 6.73. The molecule has 0 unspecified atom stereocenters. The molecule has 0 fully saturated rings. The number of hydrogen-bond acceptors (Lipinski definition) is 5. The van der Waals surface area contributed by atoms with E-state index >= 15 is 0 Å². The van der Waals surface area contributed by atoms with Gasteiger partial charge in [-0.05, 0) is 0 Å². The first-order valence-corrected chi connectivity index (χ1v) is 3.12. The summed E-state index contributed by atoms with van der Waals surface area (Å²) >= 11 is 0. The van der Waals surface area contributed by atoms with E-state index in [1.165, 1.54) is 0 Å². The Bertz CT molecular complexity index is 198. The van der Waals surface area contributed by atoms with Gasteiger partial charge in [0.2, 0.25) is 0 Å². The average Bonchev–Trinajstić information content (AvgIpc) is 1.98. The van der Waals surface area contributed by atoms with E-state index in [9.17, 15) is 14.4 Å². The van der Waals surface area contributed by atoms with E-state index in [1.54, 1.807) is 0 Å². The van der Waals surface area contributed by atoms with Crippen molar-refractivity contribution in [2.24, 2.45) is 0 Å². The molecule has 0 aliphatic rings. The fourth-order valence-corrected chi connectivity index (χ4v) is 0.481. The van der Waals surface area contributed by atoms with Gasteiger partial charge in [-0.3, -0.25) is 9.59 Å². The first-order valence-electron chi connectivity index (χ1n) is 3.12. The summed E-state index contributed by atoms with van der Waals surface area (Å²) in [4.78, 5) is 35.7. The Labute approximate surface area is 68.7 Å². The number of imide groups is 1. The van der Waals surface area contributed by atoms with E-state index in [0.29, 0.717) is 0 Å². The molecule has 0 aliphatic carbocycles. The van der Waals surface area contributed by atoms with Gasteiger partial charge in [-0.25, -0.2) is 4.79 Å². The number of carbonyl (C=O) groups is 3. The van der Waals surface area contributed by atoms with Gasteiger partial charge in [-0.1, -0.05) is 0 Å². The van der Waals surface area contributed by atoms with Crippen LogP contribution in [0.25, 0.3) is 0 Å². The monoisotopic (exact) mass is 175 g/mol. The fourth-order valence-electron chi connectivity index (χ4n) is 0.481. The molecule has 0 heterocycles. The van der Waals surface area contributed by atoms with Crippen LogP contribution in [0.1, 0.15) is 13.8 Å². The van der Waals surface area contributed by atoms with Gasteiger partial charge < -0.3 is 9.94 Å². The Kier molecular flexibility index (Phi) is 3.92. The SMILES string of the molecule is CC(=O)N(OC(=O)CO)C(C)=O. The standard InChI is InChI=1S/C6H9NO5/c1-4(9)7(5(2)10)12-6(11)3-8/h8H,3H2,1-2H3. The van der Waals surface area contributed by atoms with Crippen LogP contribution < -0.4 is 0 Å². The van der Waals surface area contributed by atoms with Gasteiger partial charge in [-0.15, -0.1) is 5.06 Å². The molecule has 0 radical (unpaired) electrons. The van der Waals surface area contributed by atoms with Crippen molar-refractivity contribution in [1.29, 1.82) is 0 Å². The second-order valence-electron chi connectivity index (χ2n) is 1.95. The molecule has 68 valence electrons. The molecule has 0 aromatic heterocycles. The van der Waals surface area contributed by atoms with Crippen molar-refractivity contribution in [3.63, 3.8) is 0 Å². The Morgan fingerprint density at radius 2 is 1.67 bits per heavy atom. The van der Waals surface area contributed by atoms with Crippen molar-refractivity contribution in [3.8, 4) is 0 Å². The largest absolute Gasteiger partial charge is 0.385 e. The summed E-state index contributed by atoms with van der Waals surface area (Å²) in [5, 5.41) is 8.50. The summed E-state index contributed by atoms with van der Waals surface area (Å²) in [5.41, 5.74) is 0. The highest BCUT2D eigenvalue weighted by atomic mass is 16.7. The summed E-state index contributed by atoms with van der Waals surface area (Å²) in [5.74, 6) is -2.49. The predicted molar refractivity (Wildman–Crippen MR) is 36.4 cm³/mol. The minimum Gasteiger partial charge on any atom is -0.385 e. The summed E-state index contributed by atoms with van der Waals surface area (Å²) in [6.45, 7) is 1.25. The molecule has 0 bridgehead atoms. The quantitative estimate of drug-likeness (QED) is 0.508. The number of carbonyl (C=O) groups excluding carboxylic acids is 3. The maximum atomic E-state index is 10.6. The van der Waals surface area contributed by atoms with Crippen molar-refractivity contribution in [1.82, 2.24) is 5.06 Å². The van der Waals surface area contributed by atoms with E-state index < -0.39 is 24.4 Å². The van der Waals surface area contributed by atoms with Crippen LogP contribution in [-0.4, -0.2) is 34.6 Å². The normalized spacial score (nSPS) is 8.92. The second-order valence-corrected chi connectivity index (χ2v) is 1.95. The summed E-state index contributed by atoms with van der Waals surface area (Å²) in [7, 11) is 0. The average molecular weight is 175 g/mol. The maximum Gasteiger partial charge on any atom is 0.358 e. The van der Waals surface area contributed by atoms with Crippen LogP contribution in [0.3, 0.4) is 0 Å².